The van der Waals surface area contributed by atoms with Crippen molar-refractivity contribution in [3.8, 4) is 0 Å². The van der Waals surface area contributed by atoms with Gasteiger partial charge in [-0.05, 0) is 50.8 Å². The lowest BCUT2D eigenvalue weighted by atomic mass is 9.67. The fourth-order valence-electron chi connectivity index (χ4n) is 3.81. The molecule has 0 saturated heterocycles. The molecule has 5 nitrogen and oxygen atoms in total. The molecule has 1 amide bonds. The van der Waals surface area contributed by atoms with Crippen molar-refractivity contribution in [2.75, 3.05) is 5.32 Å². The number of rotatable bonds is 4. The molecule has 3 rings (SSSR count). The van der Waals surface area contributed by atoms with Crippen molar-refractivity contribution < 1.29 is 19.1 Å². The number of halogens is 1. The van der Waals surface area contributed by atoms with Crippen LogP contribution >= 0.6 is 15.9 Å². The summed E-state index contributed by atoms with van der Waals surface area (Å²) in [5.41, 5.74) is 0.639. The third-order valence-corrected chi connectivity index (χ3v) is 5.63. The van der Waals surface area contributed by atoms with Crippen LogP contribution < -0.4 is 5.32 Å². The molecule has 2 aliphatic rings. The minimum Gasteiger partial charge on any atom is -0.452 e. The zero-order chi connectivity index (χ0) is 18.0. The molecule has 1 N–H and O–H groups in total. The number of hydrogen-bond donors (Lipinski definition) is 1. The Kier molecular flexibility index (Phi) is 5.57. The monoisotopic (exact) mass is 407 g/mol. The molecule has 25 heavy (non-hydrogen) atoms. The van der Waals surface area contributed by atoms with Gasteiger partial charge in [-0.3, -0.25) is 14.4 Å². The number of nitrogens with one attached hydrogen (secondary N) is 1. The van der Waals surface area contributed by atoms with Gasteiger partial charge in [-0.15, -0.1) is 0 Å². The Morgan fingerprint density at radius 1 is 1.24 bits per heavy atom. The van der Waals surface area contributed by atoms with E-state index in [0.29, 0.717) is 24.3 Å². The number of amides is 1. The molecular formula is C19H22BrNO4. The minimum atomic E-state index is -0.871. The maximum Gasteiger partial charge on any atom is 0.309 e. The Labute approximate surface area is 155 Å². The van der Waals surface area contributed by atoms with Crippen molar-refractivity contribution in [1.82, 2.24) is 0 Å². The Bertz CT molecular complexity index is 674. The predicted octanol–water partition coefficient (Wildman–Crippen LogP) is 3.71. The second-order valence-corrected chi connectivity index (χ2v) is 7.89. The Morgan fingerprint density at radius 3 is 2.56 bits per heavy atom. The van der Waals surface area contributed by atoms with E-state index in [0.717, 1.165) is 23.7 Å². The molecule has 0 aliphatic heterocycles. The van der Waals surface area contributed by atoms with E-state index in [-0.39, 0.29) is 29.6 Å². The zero-order valence-electron chi connectivity index (χ0n) is 14.2. The van der Waals surface area contributed by atoms with E-state index < -0.39 is 6.10 Å². The molecular weight excluding hydrogens is 386 g/mol. The van der Waals surface area contributed by atoms with E-state index in [1.54, 1.807) is 19.1 Å². The number of carbonyl (C=O) groups excluding carboxylic acids is 3. The molecule has 134 valence electrons. The van der Waals surface area contributed by atoms with Crippen LogP contribution in [0.3, 0.4) is 0 Å². The molecule has 0 heterocycles. The number of ether oxygens (including phenoxy) is 1. The second-order valence-electron chi connectivity index (χ2n) is 6.97. The van der Waals surface area contributed by atoms with E-state index in [4.69, 9.17) is 4.74 Å². The quantitative estimate of drug-likeness (QED) is 0.771. The number of esters is 1. The third kappa shape index (κ3) is 4.29. The van der Waals surface area contributed by atoms with Crippen molar-refractivity contribution >= 4 is 39.3 Å². The summed E-state index contributed by atoms with van der Waals surface area (Å²) in [6.45, 7) is 1.57. The lowest BCUT2D eigenvalue weighted by molar-refractivity contribution is -0.161. The lowest BCUT2D eigenvalue weighted by Crippen LogP contribution is -2.41. The van der Waals surface area contributed by atoms with Crippen molar-refractivity contribution in [2.24, 2.45) is 17.8 Å². The summed E-state index contributed by atoms with van der Waals surface area (Å²) in [6.07, 6.45) is 3.07. The molecule has 2 bridgehead atoms. The number of anilines is 1. The van der Waals surface area contributed by atoms with Crippen LogP contribution in [0.15, 0.2) is 28.7 Å². The first-order valence-corrected chi connectivity index (χ1v) is 9.54. The van der Waals surface area contributed by atoms with Gasteiger partial charge in [0.1, 0.15) is 5.78 Å². The summed E-state index contributed by atoms with van der Waals surface area (Å²) in [4.78, 5) is 36.8. The average molecular weight is 408 g/mol. The smallest absolute Gasteiger partial charge is 0.309 e. The van der Waals surface area contributed by atoms with Crippen LogP contribution in [0.1, 0.15) is 39.0 Å². The Hall–Kier alpha value is -1.69. The molecule has 4 atom stereocenters. The average Bonchev–Trinajstić information content (AvgIpc) is 2.54. The molecule has 2 fully saturated rings. The highest BCUT2D eigenvalue weighted by Gasteiger charge is 2.42. The lowest BCUT2D eigenvalue weighted by Gasteiger charge is -2.36. The highest BCUT2D eigenvalue weighted by Crippen LogP contribution is 2.40. The van der Waals surface area contributed by atoms with Gasteiger partial charge in [0.25, 0.3) is 5.91 Å². The third-order valence-electron chi connectivity index (χ3n) is 5.14. The molecule has 0 spiro atoms. The summed E-state index contributed by atoms with van der Waals surface area (Å²) >= 11 is 3.35. The maximum atomic E-state index is 12.4. The summed E-state index contributed by atoms with van der Waals surface area (Å²) in [5.74, 6) is -0.684. The van der Waals surface area contributed by atoms with Crippen LogP contribution in [0.2, 0.25) is 0 Å². The summed E-state index contributed by atoms with van der Waals surface area (Å²) in [6, 6.07) is 7.22. The van der Waals surface area contributed by atoms with Crippen LogP contribution in [0.4, 0.5) is 5.69 Å². The second kappa shape index (κ2) is 7.68. The molecule has 6 heteroatoms. The molecule has 2 aliphatic carbocycles. The van der Waals surface area contributed by atoms with E-state index in [2.05, 4.69) is 21.2 Å². The fraction of sp³-hybridized carbons (Fsp3) is 0.526. The van der Waals surface area contributed by atoms with E-state index in [1.165, 1.54) is 0 Å². The van der Waals surface area contributed by atoms with Gasteiger partial charge in [0.15, 0.2) is 6.10 Å². The molecule has 2 saturated carbocycles. The van der Waals surface area contributed by atoms with E-state index >= 15 is 0 Å². The number of benzene rings is 1. The molecule has 0 aromatic heterocycles. The van der Waals surface area contributed by atoms with Crippen LogP contribution in [-0.4, -0.2) is 23.8 Å². The molecule has 1 aromatic carbocycles. The van der Waals surface area contributed by atoms with Gasteiger partial charge in [-0.1, -0.05) is 28.4 Å². The van der Waals surface area contributed by atoms with Crippen molar-refractivity contribution in [3.63, 3.8) is 0 Å². The highest BCUT2D eigenvalue weighted by molar-refractivity contribution is 9.10. The van der Waals surface area contributed by atoms with Gasteiger partial charge in [-0.2, -0.15) is 0 Å². The minimum absolute atomic E-state index is 0.00384. The fourth-order valence-corrected chi connectivity index (χ4v) is 4.21. The highest BCUT2D eigenvalue weighted by atomic mass is 79.9. The summed E-state index contributed by atoms with van der Waals surface area (Å²) < 4.78 is 6.24. The number of hydrogen-bond acceptors (Lipinski definition) is 4. The van der Waals surface area contributed by atoms with Crippen molar-refractivity contribution in [3.05, 3.63) is 28.7 Å². The molecule has 1 unspecified atom stereocenters. The Morgan fingerprint density at radius 2 is 1.92 bits per heavy atom. The molecule has 0 radical (unpaired) electrons. The maximum absolute atomic E-state index is 12.4. The first-order valence-electron chi connectivity index (χ1n) is 8.74. The molecule has 1 aromatic rings. The standard InChI is InChI=1S/C19H22BrNO4/c1-11(18(23)21-16-7-3-6-15(20)10-16)25-19(24)14-8-12-4-2-5-13(9-14)17(12)22/h3,6-7,10-14H,2,4-5,8-9H2,1H3,(H,21,23)/t11-,12-,13+,14?/m0/s1. The topological polar surface area (TPSA) is 72.5 Å². The number of Topliss-reactive ketones (excluding diaryl/α,β-unsaturated/α-hetero) is 1. The van der Waals surface area contributed by atoms with Gasteiger partial charge in [0, 0.05) is 22.0 Å². The van der Waals surface area contributed by atoms with Gasteiger partial charge in [0.05, 0.1) is 5.92 Å². The number of ketones is 1. The van der Waals surface area contributed by atoms with Crippen LogP contribution in [0, 0.1) is 17.8 Å². The van der Waals surface area contributed by atoms with Crippen LogP contribution in [0.25, 0.3) is 0 Å². The normalized spacial score (nSPS) is 26.6. The number of fused-ring (bicyclic) bond motifs is 2. The first-order chi connectivity index (χ1) is 11.9. The van der Waals surface area contributed by atoms with Gasteiger partial charge >= 0.3 is 5.97 Å². The zero-order valence-corrected chi connectivity index (χ0v) is 15.8. The van der Waals surface area contributed by atoms with Gasteiger partial charge in [0.2, 0.25) is 0 Å². The number of carbonyl (C=O) groups is 3. The van der Waals surface area contributed by atoms with Crippen LogP contribution in [0.5, 0.6) is 0 Å². The summed E-state index contributed by atoms with van der Waals surface area (Å²) in [7, 11) is 0. The van der Waals surface area contributed by atoms with Crippen LogP contribution in [-0.2, 0) is 19.1 Å². The first kappa shape index (κ1) is 18.1. The van der Waals surface area contributed by atoms with E-state index in [9.17, 15) is 14.4 Å². The van der Waals surface area contributed by atoms with Crippen molar-refractivity contribution in [1.29, 1.82) is 0 Å². The summed E-state index contributed by atoms with van der Waals surface area (Å²) in [5, 5.41) is 2.74. The largest absolute Gasteiger partial charge is 0.452 e. The van der Waals surface area contributed by atoms with Gasteiger partial charge in [-0.25, -0.2) is 0 Å². The predicted molar refractivity (Wildman–Crippen MR) is 96.9 cm³/mol. The van der Waals surface area contributed by atoms with Gasteiger partial charge < -0.3 is 10.1 Å². The van der Waals surface area contributed by atoms with E-state index in [1.807, 2.05) is 12.1 Å². The SMILES string of the molecule is C[C@H](OC(=O)C1C[C@H]2CCC[C@@H](C1)C2=O)C(=O)Nc1cccc(Br)c1. The van der Waals surface area contributed by atoms with Crippen molar-refractivity contribution in [2.45, 2.75) is 45.1 Å². The Balaban J connectivity index is 1.55.